The fourth-order valence-corrected chi connectivity index (χ4v) is 6.13. The number of nitrogens with zero attached hydrogens (tertiary/aromatic N) is 1. The molecular formula is C29H35ClN2O4S. The number of ether oxygens (including phenoxy) is 2. The van der Waals surface area contributed by atoms with Crippen LogP contribution in [-0.2, 0) is 19.4 Å². The molecule has 8 heteroatoms. The molecule has 198 valence electrons. The number of fused-ring (bicyclic) bond motifs is 1. The third kappa shape index (κ3) is 6.39. The summed E-state index contributed by atoms with van der Waals surface area (Å²) in [5.74, 6) is 2.19. The van der Waals surface area contributed by atoms with Crippen molar-refractivity contribution in [1.29, 1.82) is 0 Å². The summed E-state index contributed by atoms with van der Waals surface area (Å²) in [6.07, 6.45) is 6.18. The van der Waals surface area contributed by atoms with Gasteiger partial charge in [-0.1, -0.05) is 32.4 Å². The first-order valence-corrected chi connectivity index (χ1v) is 13.8. The van der Waals surface area contributed by atoms with Crippen LogP contribution in [0.4, 0.5) is 5.00 Å². The molecule has 0 bridgehead atoms. The summed E-state index contributed by atoms with van der Waals surface area (Å²) in [6, 6.07) is 7.30. The topological polar surface area (TPSA) is 73.1 Å². The number of thiophene rings is 1. The Morgan fingerprint density at radius 3 is 2.78 bits per heavy atom. The standard InChI is InChI=1S/C29H35ClN2O4S/c1-17(2)36-26-22(30)12-18(13-23(26)34-6)15-32-28-25(27(33)31-16-20-8-7-11-35-20)21-10-9-19(29(3,4)5)14-24(21)37-28/h7-8,11-13,15,17,19H,9-10,14,16H2,1-6H3,(H,31,33)/t19-/m0/s1. The highest BCUT2D eigenvalue weighted by molar-refractivity contribution is 7.16. The van der Waals surface area contributed by atoms with E-state index in [1.54, 1.807) is 37.0 Å². The monoisotopic (exact) mass is 542 g/mol. The van der Waals surface area contributed by atoms with Gasteiger partial charge in [0.1, 0.15) is 10.8 Å². The molecule has 0 radical (unpaired) electrons. The van der Waals surface area contributed by atoms with Crippen LogP contribution in [0.1, 0.15) is 73.2 Å². The van der Waals surface area contributed by atoms with Gasteiger partial charge in [0.05, 0.1) is 36.6 Å². The molecule has 1 N–H and O–H groups in total. The Labute approximate surface area is 228 Å². The van der Waals surface area contributed by atoms with E-state index in [2.05, 4.69) is 26.1 Å². The molecule has 6 nitrogen and oxygen atoms in total. The van der Waals surface area contributed by atoms with Gasteiger partial charge in [0.15, 0.2) is 11.5 Å². The van der Waals surface area contributed by atoms with E-state index in [4.69, 9.17) is 30.5 Å². The van der Waals surface area contributed by atoms with Gasteiger partial charge in [0.2, 0.25) is 0 Å². The second kappa shape index (κ2) is 11.3. The summed E-state index contributed by atoms with van der Waals surface area (Å²) >= 11 is 8.12. The van der Waals surface area contributed by atoms with Gasteiger partial charge in [0.25, 0.3) is 5.91 Å². The molecule has 0 saturated heterocycles. The molecule has 0 saturated carbocycles. The number of carbonyl (C=O) groups is 1. The van der Waals surface area contributed by atoms with Gasteiger partial charge >= 0.3 is 0 Å². The van der Waals surface area contributed by atoms with Crippen molar-refractivity contribution in [2.24, 2.45) is 16.3 Å². The number of benzene rings is 1. The summed E-state index contributed by atoms with van der Waals surface area (Å²) < 4.78 is 16.7. The van der Waals surface area contributed by atoms with E-state index < -0.39 is 0 Å². The summed E-state index contributed by atoms with van der Waals surface area (Å²) in [4.78, 5) is 19.5. The summed E-state index contributed by atoms with van der Waals surface area (Å²) in [6.45, 7) is 11.1. The maximum atomic E-state index is 13.4. The van der Waals surface area contributed by atoms with Gasteiger partial charge in [-0.05, 0) is 79.8 Å². The maximum Gasteiger partial charge on any atom is 0.255 e. The lowest BCUT2D eigenvalue weighted by Crippen LogP contribution is -2.28. The normalized spacial score (nSPS) is 15.7. The van der Waals surface area contributed by atoms with Gasteiger partial charge in [-0.3, -0.25) is 4.79 Å². The predicted octanol–water partition coefficient (Wildman–Crippen LogP) is 7.62. The quantitative estimate of drug-likeness (QED) is 0.297. The second-order valence-corrected chi connectivity index (χ2v) is 12.2. The van der Waals surface area contributed by atoms with Crippen LogP contribution in [0.3, 0.4) is 0 Å². The molecule has 2 aromatic heterocycles. The van der Waals surface area contributed by atoms with Crippen molar-refractivity contribution in [3.63, 3.8) is 0 Å². The molecular weight excluding hydrogens is 508 g/mol. The van der Waals surface area contributed by atoms with Crippen molar-refractivity contribution in [2.75, 3.05) is 7.11 Å². The van der Waals surface area contributed by atoms with Crippen LogP contribution in [0.5, 0.6) is 11.5 Å². The van der Waals surface area contributed by atoms with Gasteiger partial charge in [-0.25, -0.2) is 4.99 Å². The van der Waals surface area contributed by atoms with Gasteiger partial charge in [0, 0.05) is 11.1 Å². The Morgan fingerprint density at radius 1 is 1.35 bits per heavy atom. The van der Waals surface area contributed by atoms with Crippen LogP contribution < -0.4 is 14.8 Å². The number of nitrogens with one attached hydrogen (secondary N) is 1. The van der Waals surface area contributed by atoms with Gasteiger partial charge in [-0.15, -0.1) is 11.3 Å². The number of aliphatic imine (C=N–C) groups is 1. The number of rotatable bonds is 8. The first-order valence-electron chi connectivity index (χ1n) is 12.6. The lowest BCUT2D eigenvalue weighted by Gasteiger charge is -2.33. The van der Waals surface area contributed by atoms with Crippen LogP contribution in [0.25, 0.3) is 0 Å². The molecule has 2 heterocycles. The van der Waals surface area contributed by atoms with E-state index in [1.165, 1.54) is 4.88 Å². The highest BCUT2D eigenvalue weighted by Gasteiger charge is 2.33. The number of hydrogen-bond acceptors (Lipinski definition) is 6. The molecule has 1 atom stereocenters. The molecule has 1 amide bonds. The van der Waals surface area contributed by atoms with Crippen LogP contribution in [-0.4, -0.2) is 25.3 Å². The maximum absolute atomic E-state index is 13.4. The van der Waals surface area contributed by atoms with Crippen LogP contribution in [0.15, 0.2) is 39.9 Å². The largest absolute Gasteiger partial charge is 0.493 e. The molecule has 37 heavy (non-hydrogen) atoms. The van der Waals surface area contributed by atoms with Gasteiger partial charge in [-0.2, -0.15) is 0 Å². The minimum atomic E-state index is -0.133. The number of carbonyl (C=O) groups excluding carboxylic acids is 1. The Kier molecular flexibility index (Phi) is 8.34. The SMILES string of the molecule is COc1cc(C=Nc2sc3c(c2C(=O)NCc2ccco2)CC[C@H](C(C)(C)C)C3)cc(Cl)c1OC(C)C. The van der Waals surface area contributed by atoms with E-state index in [-0.39, 0.29) is 17.4 Å². The zero-order valence-electron chi connectivity index (χ0n) is 22.3. The number of hydrogen-bond donors (Lipinski definition) is 1. The first kappa shape index (κ1) is 27.3. The van der Waals surface area contributed by atoms with Gasteiger partial charge < -0.3 is 19.2 Å². The Morgan fingerprint density at radius 2 is 2.14 bits per heavy atom. The number of furan rings is 1. The molecule has 0 spiro atoms. The molecule has 1 aromatic carbocycles. The fourth-order valence-electron chi connectivity index (χ4n) is 4.60. The zero-order chi connectivity index (χ0) is 26.7. The minimum Gasteiger partial charge on any atom is -0.493 e. The summed E-state index contributed by atoms with van der Waals surface area (Å²) in [7, 11) is 1.58. The zero-order valence-corrected chi connectivity index (χ0v) is 23.9. The lowest BCUT2D eigenvalue weighted by atomic mass is 9.72. The van der Waals surface area contributed by atoms with E-state index in [0.29, 0.717) is 45.3 Å². The number of amides is 1. The fraction of sp³-hybridized carbons (Fsp3) is 0.448. The minimum absolute atomic E-state index is 0.0393. The molecule has 1 aliphatic carbocycles. The Hall–Kier alpha value is -2.77. The smallest absolute Gasteiger partial charge is 0.255 e. The third-order valence-electron chi connectivity index (χ3n) is 6.64. The van der Waals surface area contributed by atoms with Crippen LogP contribution in [0, 0.1) is 11.3 Å². The number of halogens is 1. The highest BCUT2D eigenvalue weighted by Crippen LogP contribution is 2.45. The molecule has 3 aromatic rings. The molecule has 0 fully saturated rings. The molecule has 1 aliphatic rings. The average molecular weight is 543 g/mol. The van der Waals surface area contributed by atoms with E-state index in [1.807, 2.05) is 32.0 Å². The van der Waals surface area contributed by atoms with Crippen LogP contribution >= 0.6 is 22.9 Å². The second-order valence-electron chi connectivity index (χ2n) is 10.7. The van der Waals surface area contributed by atoms with E-state index in [9.17, 15) is 4.79 Å². The van der Waals surface area contributed by atoms with Crippen molar-refractivity contribution >= 4 is 40.1 Å². The summed E-state index contributed by atoms with van der Waals surface area (Å²) in [5.41, 5.74) is 2.75. The molecule has 4 rings (SSSR count). The molecule has 0 unspecified atom stereocenters. The van der Waals surface area contributed by atoms with E-state index in [0.717, 1.165) is 30.4 Å². The van der Waals surface area contributed by atoms with Crippen molar-refractivity contribution < 1.29 is 18.7 Å². The van der Waals surface area contributed by atoms with Crippen molar-refractivity contribution in [3.05, 3.63) is 62.9 Å². The highest BCUT2D eigenvalue weighted by atomic mass is 35.5. The number of methoxy groups -OCH3 is 1. The lowest BCUT2D eigenvalue weighted by molar-refractivity contribution is 0.0947. The Balaban J connectivity index is 1.67. The Bertz CT molecular complexity index is 1270. The summed E-state index contributed by atoms with van der Waals surface area (Å²) in [5, 5.41) is 4.16. The van der Waals surface area contributed by atoms with Crippen LogP contribution in [0.2, 0.25) is 5.02 Å². The van der Waals surface area contributed by atoms with Crippen molar-refractivity contribution in [1.82, 2.24) is 5.32 Å². The predicted molar refractivity (Wildman–Crippen MR) is 150 cm³/mol. The van der Waals surface area contributed by atoms with Crippen molar-refractivity contribution in [2.45, 2.75) is 66.5 Å². The average Bonchev–Trinajstić information content (AvgIpc) is 3.49. The van der Waals surface area contributed by atoms with Crippen molar-refractivity contribution in [3.8, 4) is 11.5 Å². The van der Waals surface area contributed by atoms with E-state index >= 15 is 0 Å². The third-order valence-corrected chi connectivity index (χ3v) is 8.08. The first-order chi connectivity index (χ1) is 17.6. The molecule has 0 aliphatic heterocycles.